The van der Waals surface area contributed by atoms with Crippen LogP contribution in [0.25, 0.3) is 0 Å². The molecule has 2 N–H and O–H groups in total. The van der Waals surface area contributed by atoms with Crippen LogP contribution in [-0.4, -0.2) is 6.54 Å². The fourth-order valence-corrected chi connectivity index (χ4v) is 0.144. The second kappa shape index (κ2) is 3.16. The van der Waals surface area contributed by atoms with Crippen molar-refractivity contribution in [3.8, 4) is 0 Å². The van der Waals surface area contributed by atoms with Crippen LogP contribution in [0.1, 0.15) is 20.3 Å². The lowest BCUT2D eigenvalue weighted by Gasteiger charge is -1.98. The van der Waals surface area contributed by atoms with Crippen molar-refractivity contribution in [2.75, 3.05) is 6.54 Å². The molecule has 6 heavy (non-hydrogen) atoms. The van der Waals surface area contributed by atoms with Gasteiger partial charge in [-0.1, -0.05) is 13.8 Å². The molecular formula is C5H12N. The molecule has 1 heteroatoms. The fraction of sp³-hybridized carbons (Fsp3) is 0.800. The summed E-state index contributed by atoms with van der Waals surface area (Å²) in [5.74, 6) is 1.37. The van der Waals surface area contributed by atoms with Crippen molar-refractivity contribution in [1.29, 1.82) is 0 Å². The molecule has 0 aromatic carbocycles. The predicted molar refractivity (Wildman–Crippen MR) is 28.3 cm³/mol. The zero-order chi connectivity index (χ0) is 4.99. The lowest BCUT2D eigenvalue weighted by Crippen LogP contribution is -2.06. The normalized spacial score (nSPS) is 10.0. The van der Waals surface area contributed by atoms with E-state index < -0.39 is 0 Å². The maximum Gasteiger partial charge on any atom is -0.00176 e. The Morgan fingerprint density at radius 2 is 2.17 bits per heavy atom. The van der Waals surface area contributed by atoms with Gasteiger partial charge in [-0.15, -0.1) is 0 Å². The van der Waals surface area contributed by atoms with Gasteiger partial charge in [0, 0.05) is 0 Å². The van der Waals surface area contributed by atoms with Gasteiger partial charge in [0.25, 0.3) is 0 Å². The summed E-state index contributed by atoms with van der Waals surface area (Å²) < 4.78 is 0. The summed E-state index contributed by atoms with van der Waals surface area (Å²) in [4.78, 5) is 0. The highest BCUT2D eigenvalue weighted by molar-refractivity contribution is 4.81. The fourth-order valence-electron chi connectivity index (χ4n) is 0.144. The van der Waals surface area contributed by atoms with Crippen LogP contribution in [0.5, 0.6) is 0 Å². The minimum absolute atomic E-state index is 0.747. The molecule has 37 valence electrons. The predicted octanol–water partition coefficient (Wildman–Crippen LogP) is 0.949. The lowest BCUT2D eigenvalue weighted by molar-refractivity contribution is 0.850. The van der Waals surface area contributed by atoms with Gasteiger partial charge in [-0.05, 0) is 18.9 Å². The van der Waals surface area contributed by atoms with Crippen LogP contribution in [0.2, 0.25) is 0 Å². The van der Waals surface area contributed by atoms with E-state index >= 15 is 0 Å². The molecule has 1 nitrogen and oxygen atoms in total. The topological polar surface area (TPSA) is 26.0 Å². The van der Waals surface area contributed by atoms with E-state index in [9.17, 15) is 0 Å². The molecule has 1 radical (unpaired) electrons. The minimum Gasteiger partial charge on any atom is -0.330 e. The van der Waals surface area contributed by atoms with E-state index in [1.165, 1.54) is 5.92 Å². The van der Waals surface area contributed by atoms with Crippen LogP contribution >= 0.6 is 0 Å². The standard InChI is InChI=1S/C5H12N/c1-3-5(2)4-6/h3-4,6H2,1-2H3. The van der Waals surface area contributed by atoms with Crippen molar-refractivity contribution in [1.82, 2.24) is 0 Å². The molecule has 0 saturated heterocycles. The van der Waals surface area contributed by atoms with Gasteiger partial charge in [0.15, 0.2) is 0 Å². The second-order valence-electron chi connectivity index (χ2n) is 1.51. The van der Waals surface area contributed by atoms with Gasteiger partial charge in [-0.25, -0.2) is 0 Å². The molecule has 0 saturated carbocycles. The van der Waals surface area contributed by atoms with E-state index in [0.29, 0.717) is 0 Å². The average Bonchev–Trinajstić information content (AvgIpc) is 1.65. The Bertz CT molecular complexity index is 23.1. The Hall–Kier alpha value is -0.0400. The van der Waals surface area contributed by atoms with Crippen LogP contribution in [0, 0.1) is 5.92 Å². The first kappa shape index (κ1) is 5.96. The monoisotopic (exact) mass is 86.1 g/mol. The van der Waals surface area contributed by atoms with Crippen molar-refractivity contribution in [3.05, 3.63) is 5.92 Å². The molecular weight excluding hydrogens is 74.1 g/mol. The Labute approximate surface area is 39.5 Å². The van der Waals surface area contributed by atoms with E-state index in [0.717, 1.165) is 13.0 Å². The van der Waals surface area contributed by atoms with E-state index in [2.05, 4.69) is 13.8 Å². The first-order valence-electron chi connectivity index (χ1n) is 2.32. The van der Waals surface area contributed by atoms with Crippen LogP contribution < -0.4 is 5.73 Å². The summed E-state index contributed by atoms with van der Waals surface area (Å²) in [6, 6.07) is 0. The van der Waals surface area contributed by atoms with Crippen molar-refractivity contribution in [3.63, 3.8) is 0 Å². The highest BCUT2D eigenvalue weighted by Crippen LogP contribution is 1.97. The first-order valence-corrected chi connectivity index (χ1v) is 2.32. The quantitative estimate of drug-likeness (QED) is 0.532. The van der Waals surface area contributed by atoms with Crippen molar-refractivity contribution in [2.24, 2.45) is 5.73 Å². The van der Waals surface area contributed by atoms with Gasteiger partial charge >= 0.3 is 0 Å². The van der Waals surface area contributed by atoms with Gasteiger partial charge in [0.2, 0.25) is 0 Å². The van der Waals surface area contributed by atoms with E-state index in [-0.39, 0.29) is 0 Å². The molecule has 0 fully saturated rings. The maximum atomic E-state index is 5.25. The van der Waals surface area contributed by atoms with E-state index in [4.69, 9.17) is 5.73 Å². The van der Waals surface area contributed by atoms with Crippen molar-refractivity contribution >= 4 is 0 Å². The first-order chi connectivity index (χ1) is 2.81. The highest BCUT2D eigenvalue weighted by Gasteiger charge is 1.89. The summed E-state index contributed by atoms with van der Waals surface area (Å²) in [7, 11) is 0. The Morgan fingerprint density at radius 1 is 1.67 bits per heavy atom. The molecule has 0 rings (SSSR count). The highest BCUT2D eigenvalue weighted by atomic mass is 14.5. The van der Waals surface area contributed by atoms with E-state index in [1.807, 2.05) is 0 Å². The van der Waals surface area contributed by atoms with Gasteiger partial charge in [-0.3, -0.25) is 0 Å². The van der Waals surface area contributed by atoms with Gasteiger partial charge < -0.3 is 5.73 Å². The summed E-state index contributed by atoms with van der Waals surface area (Å²) in [5.41, 5.74) is 5.25. The van der Waals surface area contributed by atoms with Crippen LogP contribution in [0.3, 0.4) is 0 Å². The molecule has 0 heterocycles. The maximum absolute atomic E-state index is 5.25. The third-order valence-corrected chi connectivity index (χ3v) is 0.952. The molecule has 0 spiro atoms. The van der Waals surface area contributed by atoms with Gasteiger partial charge in [0.05, 0.1) is 0 Å². The molecule has 0 aliphatic rings. The number of hydrogen-bond acceptors (Lipinski definition) is 1. The van der Waals surface area contributed by atoms with Gasteiger partial charge in [0.1, 0.15) is 0 Å². The lowest BCUT2D eigenvalue weighted by atomic mass is 10.1. The molecule has 0 atom stereocenters. The van der Waals surface area contributed by atoms with E-state index in [1.54, 1.807) is 0 Å². The Kier molecular flexibility index (Phi) is 3.14. The second-order valence-corrected chi connectivity index (χ2v) is 1.51. The number of nitrogens with two attached hydrogens (primary N) is 1. The molecule has 0 bridgehead atoms. The largest absolute Gasteiger partial charge is 0.330 e. The molecule has 0 aromatic rings. The summed E-state index contributed by atoms with van der Waals surface area (Å²) in [5, 5.41) is 0. The van der Waals surface area contributed by atoms with Crippen LogP contribution in [-0.2, 0) is 0 Å². The zero-order valence-electron chi connectivity index (χ0n) is 4.49. The zero-order valence-corrected chi connectivity index (χ0v) is 4.49. The minimum atomic E-state index is 0.747. The third kappa shape index (κ3) is 2.21. The van der Waals surface area contributed by atoms with Gasteiger partial charge in [-0.2, -0.15) is 0 Å². The van der Waals surface area contributed by atoms with Crippen molar-refractivity contribution < 1.29 is 0 Å². The van der Waals surface area contributed by atoms with Crippen LogP contribution in [0.15, 0.2) is 0 Å². The Morgan fingerprint density at radius 3 is 2.17 bits per heavy atom. The molecule has 0 aliphatic heterocycles. The number of rotatable bonds is 2. The molecule has 0 aromatic heterocycles. The Balaban J connectivity index is 2.75. The molecule has 0 amide bonds. The number of hydrogen-bond donors (Lipinski definition) is 1. The average molecular weight is 86.2 g/mol. The van der Waals surface area contributed by atoms with Crippen molar-refractivity contribution in [2.45, 2.75) is 20.3 Å². The smallest absolute Gasteiger partial charge is 0.00176 e. The summed E-state index contributed by atoms with van der Waals surface area (Å²) in [6.07, 6.45) is 1.12. The molecule has 0 unspecified atom stereocenters. The SMILES string of the molecule is CC[C](C)CN. The third-order valence-electron chi connectivity index (χ3n) is 0.952. The van der Waals surface area contributed by atoms with Crippen LogP contribution in [0.4, 0.5) is 0 Å². The summed E-state index contributed by atoms with van der Waals surface area (Å²) >= 11 is 0. The summed E-state index contributed by atoms with van der Waals surface area (Å²) in [6.45, 7) is 4.93. The molecule has 0 aliphatic carbocycles.